The van der Waals surface area contributed by atoms with Crippen LogP contribution in [0.3, 0.4) is 0 Å². The lowest BCUT2D eigenvalue weighted by molar-refractivity contribution is 0.425. The topological polar surface area (TPSA) is 97.6 Å². The number of benzene rings is 2. The maximum absolute atomic E-state index is 14.8. The number of hydrogen-bond donors (Lipinski definition) is 4. The van der Waals surface area contributed by atoms with Crippen LogP contribution in [-0.4, -0.2) is 57.2 Å². The van der Waals surface area contributed by atoms with Crippen molar-refractivity contribution in [2.75, 3.05) is 37.8 Å². The number of fused-ring (bicyclic) bond motifs is 1. The molecule has 0 atom stereocenters. The maximum Gasteiger partial charge on any atom is 0.135 e. The molecule has 0 fully saturated rings. The number of rotatable bonds is 12. The molecule has 236 valence electrons. The quantitative estimate of drug-likeness (QED) is 0.103. The second-order valence-corrected chi connectivity index (χ2v) is 11.6. The standard InChI is InChI=1S/C38H37FN8/c1-6-10-32(27-17-29(39)20-30(18-27)41-15-16-47(4)5)33-21-36(43-25(33)3)38-37-35(45-46-38)14-13-34(44-37)28-19-31(23-40-22-28)42-24(2)26-11-8-7-9-12-26/h6-14,17-23,41-43H,1-2,15-16H2,3-5H3,(H,45,46)/b32-10-. The molecular weight excluding hydrogens is 587 g/mol. The Labute approximate surface area is 273 Å². The molecule has 4 aromatic heterocycles. The molecule has 0 unspecified atom stereocenters. The van der Waals surface area contributed by atoms with Gasteiger partial charge in [-0.1, -0.05) is 55.6 Å². The van der Waals surface area contributed by atoms with Crippen molar-refractivity contribution in [3.05, 3.63) is 139 Å². The van der Waals surface area contributed by atoms with Crippen molar-refractivity contribution in [1.29, 1.82) is 0 Å². The molecule has 6 aromatic rings. The van der Waals surface area contributed by atoms with Crippen molar-refractivity contribution in [2.24, 2.45) is 0 Å². The van der Waals surface area contributed by atoms with E-state index >= 15 is 0 Å². The Morgan fingerprint density at radius 3 is 2.60 bits per heavy atom. The Balaban J connectivity index is 1.31. The van der Waals surface area contributed by atoms with Gasteiger partial charge in [0.1, 0.15) is 17.0 Å². The molecule has 0 radical (unpaired) electrons. The number of nitrogens with one attached hydrogen (secondary N) is 4. The smallest absolute Gasteiger partial charge is 0.135 e. The second kappa shape index (κ2) is 13.7. The largest absolute Gasteiger partial charge is 0.384 e. The third-order valence-corrected chi connectivity index (χ3v) is 7.80. The van der Waals surface area contributed by atoms with Gasteiger partial charge in [-0.3, -0.25) is 10.1 Å². The number of likely N-dealkylation sites (N-methyl/N-ethyl adjacent to an activating group) is 1. The van der Waals surface area contributed by atoms with Gasteiger partial charge in [-0.25, -0.2) is 9.37 Å². The monoisotopic (exact) mass is 624 g/mol. The number of anilines is 2. The van der Waals surface area contributed by atoms with Gasteiger partial charge < -0.3 is 20.5 Å². The molecular formula is C38H37FN8. The van der Waals surface area contributed by atoms with Crippen LogP contribution in [0, 0.1) is 12.7 Å². The number of aromatic nitrogens is 5. The average Bonchev–Trinajstić information content (AvgIpc) is 3.66. The highest BCUT2D eigenvalue weighted by molar-refractivity contribution is 5.92. The van der Waals surface area contributed by atoms with Crippen LogP contribution in [0.15, 0.2) is 111 Å². The van der Waals surface area contributed by atoms with Crippen molar-refractivity contribution >= 4 is 33.7 Å². The third kappa shape index (κ3) is 7.05. The van der Waals surface area contributed by atoms with E-state index in [-0.39, 0.29) is 5.82 Å². The zero-order chi connectivity index (χ0) is 32.9. The molecule has 9 heteroatoms. The molecule has 0 bridgehead atoms. The fourth-order valence-corrected chi connectivity index (χ4v) is 5.48. The number of hydrogen-bond acceptors (Lipinski definition) is 6. The predicted molar refractivity (Wildman–Crippen MR) is 191 cm³/mol. The summed E-state index contributed by atoms with van der Waals surface area (Å²) in [6, 6.07) is 22.9. The Kier molecular flexibility index (Phi) is 9.08. The third-order valence-electron chi connectivity index (χ3n) is 7.80. The van der Waals surface area contributed by atoms with Crippen molar-refractivity contribution < 1.29 is 4.39 Å². The summed E-state index contributed by atoms with van der Waals surface area (Å²) in [5.74, 6) is -0.314. The zero-order valence-corrected chi connectivity index (χ0v) is 26.7. The van der Waals surface area contributed by atoms with Crippen LogP contribution in [0.1, 0.15) is 22.4 Å². The molecule has 0 aliphatic carbocycles. The highest BCUT2D eigenvalue weighted by atomic mass is 19.1. The maximum atomic E-state index is 14.8. The van der Waals surface area contributed by atoms with Crippen LogP contribution in [-0.2, 0) is 0 Å². The molecule has 0 saturated heterocycles. The molecule has 0 aliphatic rings. The lowest BCUT2D eigenvalue weighted by atomic mass is 9.96. The molecule has 0 amide bonds. The molecule has 2 aromatic carbocycles. The molecule has 0 saturated carbocycles. The van der Waals surface area contributed by atoms with Crippen molar-refractivity contribution in [3.8, 4) is 22.6 Å². The molecule has 4 N–H and O–H groups in total. The van der Waals surface area contributed by atoms with Crippen LogP contribution >= 0.6 is 0 Å². The Morgan fingerprint density at radius 1 is 0.979 bits per heavy atom. The van der Waals surface area contributed by atoms with E-state index in [1.165, 1.54) is 6.07 Å². The van der Waals surface area contributed by atoms with Gasteiger partial charge in [-0.05, 0) is 80.2 Å². The van der Waals surface area contributed by atoms with Gasteiger partial charge in [0.25, 0.3) is 0 Å². The summed E-state index contributed by atoms with van der Waals surface area (Å²) in [5, 5.41) is 14.4. The van der Waals surface area contributed by atoms with E-state index in [4.69, 9.17) is 4.98 Å². The van der Waals surface area contributed by atoms with Crippen LogP contribution in [0.4, 0.5) is 15.8 Å². The van der Waals surface area contributed by atoms with E-state index in [0.29, 0.717) is 12.2 Å². The number of pyridine rings is 2. The van der Waals surface area contributed by atoms with Crippen molar-refractivity contribution in [3.63, 3.8) is 0 Å². The first kappa shape index (κ1) is 31.2. The lowest BCUT2D eigenvalue weighted by Gasteiger charge is -2.14. The molecule has 4 heterocycles. The Bertz CT molecular complexity index is 2090. The van der Waals surface area contributed by atoms with Crippen LogP contribution < -0.4 is 10.6 Å². The number of allylic oxidation sites excluding steroid dienone is 2. The summed E-state index contributed by atoms with van der Waals surface area (Å²) in [6.45, 7) is 11.6. The summed E-state index contributed by atoms with van der Waals surface area (Å²) >= 11 is 0. The highest BCUT2D eigenvalue weighted by Crippen LogP contribution is 2.34. The second-order valence-electron chi connectivity index (χ2n) is 11.6. The number of halogens is 1. The summed E-state index contributed by atoms with van der Waals surface area (Å²) in [7, 11) is 4.01. The summed E-state index contributed by atoms with van der Waals surface area (Å²) < 4.78 is 14.8. The number of nitrogens with zero attached hydrogens (tertiary/aromatic N) is 4. The number of H-pyrrole nitrogens is 2. The minimum atomic E-state index is -0.314. The number of aryl methyl sites for hydroxylation is 1. The van der Waals surface area contributed by atoms with Crippen LogP contribution in [0.2, 0.25) is 0 Å². The molecule has 8 nitrogen and oxygen atoms in total. The number of aromatic amines is 2. The molecule has 6 rings (SSSR count). The first-order valence-electron chi connectivity index (χ1n) is 15.3. The summed E-state index contributed by atoms with van der Waals surface area (Å²) in [6.07, 6.45) is 7.17. The van der Waals surface area contributed by atoms with Gasteiger partial charge in [0.05, 0.1) is 28.8 Å². The fourth-order valence-electron chi connectivity index (χ4n) is 5.48. The molecule has 0 spiro atoms. The fraction of sp³-hybridized carbons (Fsp3) is 0.132. The van der Waals surface area contributed by atoms with Gasteiger partial charge in [0.15, 0.2) is 0 Å². The first-order chi connectivity index (χ1) is 22.8. The van der Waals surface area contributed by atoms with Crippen LogP contribution in [0.5, 0.6) is 0 Å². The summed E-state index contributed by atoms with van der Waals surface area (Å²) in [5.41, 5.74) is 11.3. The molecule has 47 heavy (non-hydrogen) atoms. The van der Waals surface area contributed by atoms with Gasteiger partial charge in [0, 0.05) is 47.5 Å². The van der Waals surface area contributed by atoms with Gasteiger partial charge in [0.2, 0.25) is 0 Å². The Hall–Kier alpha value is -5.80. The molecule has 0 aliphatic heterocycles. The van der Waals surface area contributed by atoms with E-state index < -0.39 is 0 Å². The highest BCUT2D eigenvalue weighted by Gasteiger charge is 2.18. The Morgan fingerprint density at radius 2 is 1.81 bits per heavy atom. The predicted octanol–water partition coefficient (Wildman–Crippen LogP) is 8.14. The van der Waals surface area contributed by atoms with E-state index in [2.05, 4.69) is 48.9 Å². The van der Waals surface area contributed by atoms with Crippen molar-refractivity contribution in [2.45, 2.75) is 6.92 Å². The van der Waals surface area contributed by atoms with Gasteiger partial charge in [-0.2, -0.15) is 5.10 Å². The van der Waals surface area contributed by atoms with Gasteiger partial charge in [-0.15, -0.1) is 0 Å². The van der Waals surface area contributed by atoms with Crippen LogP contribution in [0.25, 0.3) is 44.9 Å². The van der Waals surface area contributed by atoms with E-state index in [1.54, 1.807) is 24.5 Å². The minimum absolute atomic E-state index is 0.314. The van der Waals surface area contributed by atoms with E-state index in [9.17, 15) is 4.39 Å². The average molecular weight is 625 g/mol. The van der Waals surface area contributed by atoms with Crippen molar-refractivity contribution in [1.82, 2.24) is 30.0 Å². The SMILES string of the molecule is C=C/C=C(/c1cc(F)cc(NCCN(C)C)c1)c1cc(-c2n[nH]c3ccc(-c4cncc(NC(=C)c5ccccc5)c4)nc23)[nH]c1C. The zero-order valence-electron chi connectivity index (χ0n) is 26.7. The first-order valence-corrected chi connectivity index (χ1v) is 15.3. The minimum Gasteiger partial charge on any atom is -0.384 e. The van der Waals surface area contributed by atoms with Gasteiger partial charge >= 0.3 is 0 Å². The summed E-state index contributed by atoms with van der Waals surface area (Å²) in [4.78, 5) is 15.0. The van der Waals surface area contributed by atoms with E-state index in [0.717, 1.165) is 79.6 Å². The normalized spacial score (nSPS) is 11.6. The lowest BCUT2D eigenvalue weighted by Crippen LogP contribution is -2.20. The van der Waals surface area contributed by atoms with E-state index in [1.807, 2.05) is 87.8 Å².